The summed E-state index contributed by atoms with van der Waals surface area (Å²) in [5.41, 5.74) is -1.40. The molecule has 4 rings (SSSR count). The molecule has 0 radical (unpaired) electrons. The van der Waals surface area contributed by atoms with Crippen LogP contribution in [0.5, 0.6) is 0 Å². The minimum absolute atomic E-state index is 0.0976. The highest BCUT2D eigenvalue weighted by Crippen LogP contribution is 2.59. The van der Waals surface area contributed by atoms with Gasteiger partial charge in [-0.25, -0.2) is 9.97 Å². The molecule has 3 heterocycles. The first kappa shape index (κ1) is 21.4. The van der Waals surface area contributed by atoms with Crippen LogP contribution in [0.25, 0.3) is 17.5 Å². The minimum Gasteiger partial charge on any atom is -0.495 e. The van der Waals surface area contributed by atoms with Gasteiger partial charge in [0.05, 0.1) is 30.4 Å². The zero-order valence-electron chi connectivity index (χ0n) is 17.1. The number of hydrogen-bond donors (Lipinski definition) is 4. The lowest BCUT2D eigenvalue weighted by molar-refractivity contribution is -0.165. The van der Waals surface area contributed by atoms with E-state index in [9.17, 15) is 13.2 Å². The van der Waals surface area contributed by atoms with Crippen molar-refractivity contribution in [1.82, 2.24) is 20.3 Å². The maximum absolute atomic E-state index is 13.3. The van der Waals surface area contributed by atoms with Crippen molar-refractivity contribution in [3.05, 3.63) is 36.0 Å². The summed E-state index contributed by atoms with van der Waals surface area (Å²) in [6, 6.07) is 5.92. The SMILES string of the molecule is CO/C(=C/c1ncc(-c2cccc(N[C@@H]3CCCNC3)n2)[nH]1)C(=N)C1(C(F)(F)F)CC1. The van der Waals surface area contributed by atoms with Gasteiger partial charge in [0, 0.05) is 18.7 Å². The average Bonchev–Trinajstić information content (AvgIpc) is 3.46. The number of allylic oxidation sites excluding steroid dienone is 1. The first-order valence-electron chi connectivity index (χ1n) is 10.2. The molecular weight excluding hydrogens is 409 g/mol. The second-order valence-corrected chi connectivity index (χ2v) is 7.95. The van der Waals surface area contributed by atoms with Gasteiger partial charge in [-0.15, -0.1) is 0 Å². The number of H-pyrrole nitrogens is 1. The molecule has 10 heteroatoms. The summed E-state index contributed by atoms with van der Waals surface area (Å²) < 4.78 is 45.1. The van der Waals surface area contributed by atoms with E-state index in [1.807, 2.05) is 18.2 Å². The number of halogens is 3. The first-order valence-corrected chi connectivity index (χ1v) is 10.2. The van der Waals surface area contributed by atoms with Gasteiger partial charge in [-0.1, -0.05) is 6.07 Å². The summed E-state index contributed by atoms with van der Waals surface area (Å²) in [7, 11) is 1.26. The number of aromatic amines is 1. The Morgan fingerprint density at radius 2 is 2.16 bits per heavy atom. The molecule has 1 aliphatic carbocycles. The molecule has 1 aliphatic heterocycles. The van der Waals surface area contributed by atoms with Crippen LogP contribution < -0.4 is 10.6 Å². The predicted octanol–water partition coefficient (Wildman–Crippen LogP) is 3.99. The van der Waals surface area contributed by atoms with Crippen LogP contribution in [0.1, 0.15) is 31.5 Å². The van der Waals surface area contributed by atoms with Crippen LogP contribution in [-0.2, 0) is 4.74 Å². The highest BCUT2D eigenvalue weighted by Gasteiger charge is 2.66. The molecule has 1 atom stereocenters. The molecule has 0 bridgehead atoms. The number of imidazole rings is 1. The van der Waals surface area contributed by atoms with E-state index in [1.165, 1.54) is 13.2 Å². The van der Waals surface area contributed by atoms with Crippen LogP contribution >= 0.6 is 0 Å². The number of alkyl halides is 3. The Balaban J connectivity index is 1.51. The summed E-state index contributed by atoms with van der Waals surface area (Å²) in [6.07, 6.45) is 0.408. The third-order valence-electron chi connectivity index (χ3n) is 5.77. The quantitative estimate of drug-likeness (QED) is 0.390. The number of pyridine rings is 1. The van der Waals surface area contributed by atoms with Crippen molar-refractivity contribution in [2.45, 2.75) is 37.9 Å². The molecule has 166 valence electrons. The first-order chi connectivity index (χ1) is 14.8. The Morgan fingerprint density at radius 3 is 2.81 bits per heavy atom. The minimum atomic E-state index is -4.47. The molecule has 0 unspecified atom stereocenters. The lowest BCUT2D eigenvalue weighted by atomic mass is 9.97. The lowest BCUT2D eigenvalue weighted by Gasteiger charge is -2.24. The molecule has 1 saturated carbocycles. The molecule has 0 aromatic carbocycles. The molecular formula is C21H25F3N6O. The Hall–Kier alpha value is -2.88. The van der Waals surface area contributed by atoms with E-state index in [1.54, 1.807) is 6.20 Å². The van der Waals surface area contributed by atoms with E-state index in [0.717, 1.165) is 31.7 Å². The molecule has 7 nitrogen and oxygen atoms in total. The molecule has 31 heavy (non-hydrogen) atoms. The zero-order chi connectivity index (χ0) is 22.1. The van der Waals surface area contributed by atoms with Crippen molar-refractivity contribution in [2.75, 3.05) is 25.5 Å². The predicted molar refractivity (Wildman–Crippen MR) is 112 cm³/mol. The summed E-state index contributed by atoms with van der Waals surface area (Å²) in [5, 5.41) is 14.8. The van der Waals surface area contributed by atoms with Crippen LogP contribution in [-0.4, -0.2) is 53.1 Å². The maximum Gasteiger partial charge on any atom is 0.400 e. The van der Waals surface area contributed by atoms with Crippen LogP contribution in [0.4, 0.5) is 19.0 Å². The fourth-order valence-corrected chi connectivity index (χ4v) is 3.78. The second-order valence-electron chi connectivity index (χ2n) is 7.95. The van der Waals surface area contributed by atoms with E-state index in [-0.39, 0.29) is 18.6 Å². The normalized spacial score (nSPS) is 20.9. The van der Waals surface area contributed by atoms with Crippen molar-refractivity contribution in [1.29, 1.82) is 5.41 Å². The van der Waals surface area contributed by atoms with Crippen molar-refractivity contribution in [3.63, 3.8) is 0 Å². The van der Waals surface area contributed by atoms with E-state index < -0.39 is 17.3 Å². The topological polar surface area (TPSA) is 98.7 Å². The summed E-state index contributed by atoms with van der Waals surface area (Å²) in [4.78, 5) is 11.9. The lowest BCUT2D eigenvalue weighted by Crippen LogP contribution is -2.38. The summed E-state index contributed by atoms with van der Waals surface area (Å²) in [6.45, 7) is 1.91. The molecule has 0 amide bonds. The van der Waals surface area contributed by atoms with E-state index >= 15 is 0 Å². The van der Waals surface area contributed by atoms with Gasteiger partial charge < -0.3 is 25.8 Å². The number of nitrogens with zero attached hydrogens (tertiary/aromatic N) is 2. The molecule has 2 aliphatic rings. The van der Waals surface area contributed by atoms with Crippen molar-refractivity contribution < 1.29 is 17.9 Å². The maximum atomic E-state index is 13.3. The molecule has 2 aromatic heterocycles. The van der Waals surface area contributed by atoms with E-state index in [4.69, 9.17) is 10.1 Å². The van der Waals surface area contributed by atoms with Gasteiger partial charge in [-0.05, 0) is 44.4 Å². The van der Waals surface area contributed by atoms with Crippen LogP contribution in [0, 0.1) is 10.8 Å². The van der Waals surface area contributed by atoms with Gasteiger partial charge in [0.25, 0.3) is 0 Å². The summed E-state index contributed by atoms with van der Waals surface area (Å²) in [5.74, 6) is 0.897. The fraction of sp³-hybridized carbons (Fsp3) is 0.476. The molecule has 2 aromatic rings. The van der Waals surface area contributed by atoms with Gasteiger partial charge in [0.2, 0.25) is 0 Å². The third-order valence-corrected chi connectivity index (χ3v) is 5.77. The second kappa shape index (κ2) is 8.33. The fourth-order valence-electron chi connectivity index (χ4n) is 3.78. The highest BCUT2D eigenvalue weighted by atomic mass is 19.4. The van der Waals surface area contributed by atoms with Gasteiger partial charge in [-0.3, -0.25) is 0 Å². The summed E-state index contributed by atoms with van der Waals surface area (Å²) >= 11 is 0. The largest absolute Gasteiger partial charge is 0.495 e. The molecule has 1 saturated heterocycles. The van der Waals surface area contributed by atoms with Crippen molar-refractivity contribution >= 4 is 17.6 Å². The van der Waals surface area contributed by atoms with Gasteiger partial charge in [0.15, 0.2) is 0 Å². The van der Waals surface area contributed by atoms with Gasteiger partial charge in [0.1, 0.15) is 22.8 Å². The van der Waals surface area contributed by atoms with Crippen LogP contribution in [0.3, 0.4) is 0 Å². The number of hydrogen-bond acceptors (Lipinski definition) is 6. The zero-order valence-corrected chi connectivity index (χ0v) is 17.1. The Morgan fingerprint density at radius 1 is 1.35 bits per heavy atom. The number of piperidine rings is 1. The number of rotatable bonds is 7. The van der Waals surface area contributed by atoms with Crippen LogP contribution in [0.15, 0.2) is 30.2 Å². The van der Waals surface area contributed by atoms with E-state index in [2.05, 4.69) is 25.6 Å². The average molecular weight is 434 g/mol. The Kier molecular flexibility index (Phi) is 5.74. The molecule has 4 N–H and O–H groups in total. The number of anilines is 1. The molecule has 0 spiro atoms. The molecule has 2 fully saturated rings. The number of nitrogens with one attached hydrogen (secondary N) is 4. The standard InChI is InChI=1S/C21H25F3N6O/c1-31-16(19(25)20(7-8-20)21(22,23)24)10-18-27-12-15(30-18)14-5-2-6-17(29-14)28-13-4-3-9-26-11-13/h2,5-6,10,12-13,25-26H,3-4,7-9,11H2,1H3,(H,27,30)(H,28,29)/b16-10+,25-19?/t13-/m1/s1. The van der Waals surface area contributed by atoms with E-state index in [0.29, 0.717) is 23.3 Å². The van der Waals surface area contributed by atoms with Gasteiger partial charge in [-0.2, -0.15) is 13.2 Å². The Bertz CT molecular complexity index is 973. The Labute approximate surface area is 178 Å². The third kappa shape index (κ3) is 4.43. The van der Waals surface area contributed by atoms with Crippen molar-refractivity contribution in [2.24, 2.45) is 5.41 Å². The van der Waals surface area contributed by atoms with Crippen LogP contribution in [0.2, 0.25) is 0 Å². The van der Waals surface area contributed by atoms with Gasteiger partial charge >= 0.3 is 6.18 Å². The smallest absolute Gasteiger partial charge is 0.400 e. The number of methoxy groups -OCH3 is 1. The number of aromatic nitrogens is 3. The number of ether oxygens (including phenoxy) is 1. The van der Waals surface area contributed by atoms with Crippen molar-refractivity contribution in [3.8, 4) is 11.4 Å². The highest BCUT2D eigenvalue weighted by molar-refractivity contribution is 6.05. The monoisotopic (exact) mass is 434 g/mol.